The third kappa shape index (κ3) is 2.94. The number of rotatable bonds is 2. The molecular weight excluding hydrogens is 349 g/mol. The van der Waals surface area contributed by atoms with Gasteiger partial charge in [-0.25, -0.2) is 4.68 Å². The zero-order valence-electron chi connectivity index (χ0n) is 11.9. The molecule has 1 aromatic carbocycles. The van der Waals surface area contributed by atoms with E-state index in [1.807, 2.05) is 4.68 Å². The van der Waals surface area contributed by atoms with Crippen molar-refractivity contribution in [1.82, 2.24) is 9.78 Å². The lowest BCUT2D eigenvalue weighted by molar-refractivity contribution is 0.544. The smallest absolute Gasteiger partial charge is 0.135 e. The van der Waals surface area contributed by atoms with Gasteiger partial charge in [0.2, 0.25) is 0 Å². The first-order valence-corrected chi connectivity index (χ1v) is 7.45. The van der Waals surface area contributed by atoms with Crippen molar-refractivity contribution in [1.29, 1.82) is 0 Å². The van der Waals surface area contributed by atoms with Crippen LogP contribution in [-0.2, 0) is 12.0 Å². The van der Waals surface area contributed by atoms with Crippen molar-refractivity contribution >= 4 is 28.4 Å². The second-order valence-corrected chi connectivity index (χ2v) is 6.96. The lowest BCUT2D eigenvalue weighted by atomic mass is 9.92. The number of hydrogen-bond acceptors (Lipinski definition) is 2. The molecule has 0 aliphatic heterocycles. The van der Waals surface area contributed by atoms with Gasteiger partial charge < -0.3 is 5.73 Å². The largest absolute Gasteiger partial charge is 0.383 e. The Hall–Kier alpha value is -1.04. The van der Waals surface area contributed by atoms with Crippen molar-refractivity contribution in [3.8, 4) is 0 Å². The number of aromatic nitrogens is 2. The topological polar surface area (TPSA) is 43.8 Å². The number of halogens is 1. The van der Waals surface area contributed by atoms with Gasteiger partial charge in [-0.3, -0.25) is 0 Å². The molecule has 4 heteroatoms. The van der Waals surface area contributed by atoms with Gasteiger partial charge in [-0.2, -0.15) is 5.10 Å². The molecule has 2 rings (SSSR count). The number of nitrogens with zero attached hydrogens (tertiary/aromatic N) is 2. The molecule has 102 valence electrons. The highest BCUT2D eigenvalue weighted by atomic mass is 127. The average Bonchev–Trinajstić information content (AvgIpc) is 2.60. The molecule has 0 bridgehead atoms. The number of nitrogens with two attached hydrogens (primary N) is 1. The van der Waals surface area contributed by atoms with Crippen molar-refractivity contribution in [2.24, 2.45) is 0 Å². The zero-order valence-corrected chi connectivity index (χ0v) is 14.0. The molecule has 2 N–H and O–H groups in total. The molecule has 0 amide bonds. The van der Waals surface area contributed by atoms with Gasteiger partial charge in [0.05, 0.1) is 15.8 Å². The van der Waals surface area contributed by atoms with Gasteiger partial charge in [-0.1, -0.05) is 45.0 Å². The average molecular weight is 369 g/mol. The Morgan fingerprint density at radius 3 is 2.42 bits per heavy atom. The van der Waals surface area contributed by atoms with Crippen LogP contribution in [0.2, 0.25) is 0 Å². The monoisotopic (exact) mass is 369 g/mol. The number of aryl methyl sites for hydroxylation is 1. The molecule has 0 aliphatic rings. The highest BCUT2D eigenvalue weighted by molar-refractivity contribution is 14.1. The Labute approximate surface area is 128 Å². The minimum atomic E-state index is 0.0155. The van der Waals surface area contributed by atoms with Gasteiger partial charge in [0.15, 0.2) is 0 Å². The summed E-state index contributed by atoms with van der Waals surface area (Å²) in [7, 11) is 0. The van der Waals surface area contributed by atoms with Crippen LogP contribution in [0.15, 0.2) is 24.3 Å². The third-order valence-electron chi connectivity index (χ3n) is 3.22. The van der Waals surface area contributed by atoms with Crippen LogP contribution >= 0.6 is 22.6 Å². The Balaban J connectivity index is 2.40. The van der Waals surface area contributed by atoms with E-state index < -0.39 is 0 Å². The number of anilines is 1. The molecule has 0 spiro atoms. The summed E-state index contributed by atoms with van der Waals surface area (Å²) >= 11 is 2.29. The molecule has 0 aliphatic carbocycles. The summed E-state index contributed by atoms with van der Waals surface area (Å²) in [6.45, 7) is 9.33. The van der Waals surface area contributed by atoms with E-state index >= 15 is 0 Å². The quantitative estimate of drug-likeness (QED) is 0.820. The lowest BCUT2D eigenvalue weighted by Crippen LogP contribution is -2.14. The fraction of sp³-hybridized carbons (Fsp3) is 0.400. The van der Waals surface area contributed by atoms with Crippen molar-refractivity contribution < 1.29 is 0 Å². The number of hydrogen-bond donors (Lipinski definition) is 1. The predicted octanol–water partition coefficient (Wildman–Crippen LogP) is 3.72. The van der Waals surface area contributed by atoms with E-state index in [4.69, 9.17) is 10.8 Å². The zero-order chi connectivity index (χ0) is 14.2. The Morgan fingerprint density at radius 2 is 1.89 bits per heavy atom. The summed E-state index contributed by atoms with van der Waals surface area (Å²) in [6.07, 6.45) is 0. The molecule has 0 saturated carbocycles. The number of nitrogen functional groups attached to an aromatic ring is 1. The molecule has 0 saturated heterocycles. The fourth-order valence-corrected chi connectivity index (χ4v) is 3.20. The Morgan fingerprint density at radius 1 is 1.26 bits per heavy atom. The van der Waals surface area contributed by atoms with Crippen LogP contribution in [-0.4, -0.2) is 9.78 Å². The van der Waals surface area contributed by atoms with E-state index in [1.165, 1.54) is 11.1 Å². The third-order valence-corrected chi connectivity index (χ3v) is 4.29. The summed E-state index contributed by atoms with van der Waals surface area (Å²) in [5, 5.41) is 4.70. The minimum absolute atomic E-state index is 0.0155. The second kappa shape index (κ2) is 5.15. The van der Waals surface area contributed by atoms with Crippen LogP contribution in [0.3, 0.4) is 0 Å². The van der Waals surface area contributed by atoms with Crippen LogP contribution in [0.1, 0.15) is 37.6 Å². The maximum Gasteiger partial charge on any atom is 0.135 e. The van der Waals surface area contributed by atoms with Crippen LogP contribution in [0.25, 0.3) is 0 Å². The van der Waals surface area contributed by atoms with Gasteiger partial charge in [-0.05, 0) is 40.6 Å². The maximum atomic E-state index is 6.19. The SMILES string of the molecule is Cc1ccccc1Cn1nc(C(C)(C)C)c(I)c1N. The van der Waals surface area contributed by atoms with E-state index in [-0.39, 0.29) is 5.41 Å². The highest BCUT2D eigenvalue weighted by Gasteiger charge is 2.24. The van der Waals surface area contributed by atoms with Crippen LogP contribution in [0.4, 0.5) is 5.82 Å². The molecule has 19 heavy (non-hydrogen) atoms. The highest BCUT2D eigenvalue weighted by Crippen LogP contribution is 2.30. The van der Waals surface area contributed by atoms with Crippen LogP contribution < -0.4 is 5.73 Å². The van der Waals surface area contributed by atoms with Crippen LogP contribution in [0, 0.1) is 10.5 Å². The molecule has 0 unspecified atom stereocenters. The molecule has 0 fully saturated rings. The van der Waals surface area contributed by atoms with Gasteiger partial charge in [0, 0.05) is 5.41 Å². The molecule has 1 aromatic heterocycles. The van der Waals surface area contributed by atoms with E-state index in [2.05, 4.69) is 74.6 Å². The summed E-state index contributed by atoms with van der Waals surface area (Å²) in [6, 6.07) is 8.35. The van der Waals surface area contributed by atoms with Crippen molar-refractivity contribution in [3.05, 3.63) is 44.7 Å². The van der Waals surface area contributed by atoms with E-state index in [0.717, 1.165) is 21.6 Å². The van der Waals surface area contributed by atoms with E-state index in [9.17, 15) is 0 Å². The summed E-state index contributed by atoms with van der Waals surface area (Å²) in [5.41, 5.74) is 9.80. The van der Waals surface area contributed by atoms with Crippen molar-refractivity contribution in [3.63, 3.8) is 0 Å². The van der Waals surface area contributed by atoms with E-state index in [1.54, 1.807) is 0 Å². The standard InChI is InChI=1S/C15H20IN3/c1-10-7-5-6-8-11(10)9-19-14(17)12(16)13(18-19)15(2,3)4/h5-8H,9,17H2,1-4H3. The second-order valence-electron chi connectivity index (χ2n) is 5.88. The summed E-state index contributed by atoms with van der Waals surface area (Å²) in [5.74, 6) is 0.758. The summed E-state index contributed by atoms with van der Waals surface area (Å²) < 4.78 is 2.98. The lowest BCUT2D eigenvalue weighted by Gasteiger charge is -2.15. The molecule has 1 heterocycles. The fourth-order valence-electron chi connectivity index (χ4n) is 2.00. The first kappa shape index (κ1) is 14.4. The maximum absolute atomic E-state index is 6.19. The van der Waals surface area contributed by atoms with Gasteiger partial charge in [0.25, 0.3) is 0 Å². The molecular formula is C15H20IN3. The van der Waals surface area contributed by atoms with Gasteiger partial charge in [0.1, 0.15) is 5.82 Å². The van der Waals surface area contributed by atoms with Crippen molar-refractivity contribution in [2.75, 3.05) is 5.73 Å². The summed E-state index contributed by atoms with van der Waals surface area (Å²) in [4.78, 5) is 0. The van der Waals surface area contributed by atoms with Crippen LogP contribution in [0.5, 0.6) is 0 Å². The number of benzene rings is 1. The molecule has 0 radical (unpaired) electrons. The normalized spacial score (nSPS) is 11.8. The van der Waals surface area contributed by atoms with Gasteiger partial charge in [-0.15, -0.1) is 0 Å². The minimum Gasteiger partial charge on any atom is -0.383 e. The van der Waals surface area contributed by atoms with Crippen molar-refractivity contribution in [2.45, 2.75) is 39.7 Å². The predicted molar refractivity (Wildman–Crippen MR) is 88.3 cm³/mol. The molecule has 2 aromatic rings. The van der Waals surface area contributed by atoms with Gasteiger partial charge >= 0.3 is 0 Å². The Kier molecular flexibility index (Phi) is 3.90. The Bertz CT molecular complexity index is 594. The first-order valence-electron chi connectivity index (χ1n) is 6.37. The van der Waals surface area contributed by atoms with E-state index in [0.29, 0.717) is 0 Å². The molecule has 3 nitrogen and oxygen atoms in total. The first-order chi connectivity index (χ1) is 8.80. The molecule has 0 atom stereocenters.